The zero-order chi connectivity index (χ0) is 57.1. The maximum absolute atomic E-state index is 17.3. The Morgan fingerprint density at radius 1 is 0.988 bits per heavy atom. The lowest BCUT2D eigenvalue weighted by Crippen LogP contribution is -2.55. The Bertz CT molecular complexity index is 3510. The minimum atomic E-state index is -0.825. The predicted octanol–water partition coefficient (Wildman–Crippen LogP) is 10.1. The fourth-order valence-corrected chi connectivity index (χ4v) is 12.8. The van der Waals surface area contributed by atoms with E-state index >= 15 is 4.39 Å². The van der Waals surface area contributed by atoms with E-state index in [-0.39, 0.29) is 115 Å². The van der Waals surface area contributed by atoms with Crippen molar-refractivity contribution in [3.8, 4) is 45.3 Å². The lowest BCUT2D eigenvalue weighted by molar-refractivity contribution is -0.140. The second-order valence-electron chi connectivity index (χ2n) is 21.8. The number of aryl methyl sites for hydroxylation is 1. The first-order valence-corrected chi connectivity index (χ1v) is 28.8. The molecule has 2 amide bonds. The highest BCUT2D eigenvalue weighted by molar-refractivity contribution is 7.13. The smallest absolute Gasteiger partial charge is 0.319 e. The number of phenolic OH excluding ortho intramolecular Hbond substituents is 1. The molecule has 3 aromatic heterocycles. The molecule has 20 heteroatoms. The number of likely N-dealkylation sites (tertiary alicyclic amines) is 2. The van der Waals surface area contributed by atoms with E-state index in [0.717, 1.165) is 47.6 Å². The number of anilines is 1. The highest BCUT2D eigenvalue weighted by Gasteiger charge is 2.43. The van der Waals surface area contributed by atoms with E-state index in [2.05, 4.69) is 44.8 Å². The van der Waals surface area contributed by atoms with Crippen LogP contribution in [-0.2, 0) is 14.4 Å². The number of amides is 2. The van der Waals surface area contributed by atoms with Gasteiger partial charge in [0.05, 0.1) is 58.4 Å². The van der Waals surface area contributed by atoms with Crippen LogP contribution >= 0.6 is 22.9 Å². The Labute approximate surface area is 478 Å². The molecule has 0 unspecified atom stereocenters. The van der Waals surface area contributed by atoms with Gasteiger partial charge in [-0.1, -0.05) is 87.5 Å². The zero-order valence-electron chi connectivity index (χ0n) is 45.8. The van der Waals surface area contributed by atoms with Gasteiger partial charge in [-0.3, -0.25) is 19.3 Å². The van der Waals surface area contributed by atoms with E-state index in [1.54, 1.807) is 34.4 Å². The molecule has 7 aromatic rings. The first-order valence-electron chi connectivity index (χ1n) is 27.5. The molecular weight excluding hydrogens is 1070 g/mol. The minimum absolute atomic E-state index is 0.0382. The summed E-state index contributed by atoms with van der Waals surface area (Å²) in [6.07, 6.45) is 2.49. The number of rotatable bonds is 19. The van der Waals surface area contributed by atoms with Crippen molar-refractivity contribution in [1.29, 1.82) is 5.26 Å². The van der Waals surface area contributed by atoms with Gasteiger partial charge in [0.1, 0.15) is 29.6 Å². The molecule has 2 N–H and O–H groups in total. The number of piperidine rings is 1. The molecule has 3 aliphatic rings. The van der Waals surface area contributed by atoms with Gasteiger partial charge in [-0.2, -0.15) is 15.2 Å². The Hall–Kier alpha value is -7.50. The molecule has 3 fully saturated rings. The van der Waals surface area contributed by atoms with Crippen molar-refractivity contribution in [2.75, 3.05) is 63.9 Å². The number of thiazole rings is 1. The SMILES string of the molecule is C=CC(=O)N1CCN(c2nc(OCCN3CCC(COc4cc([C@@H](C(=O)N5C[C@@H](O)C[C@H]5C(=O)C[C@@H](C)c5ccc(-c6scnc6C)cc5)C(C)C)on4)CC3)nc3c(F)c(-c4cc(O)cc5ccccc45)c(Cl)cc23)C[C@@H]1CC#N. The van der Waals surface area contributed by atoms with Crippen LogP contribution in [0.15, 0.2) is 95.5 Å². The molecule has 6 heterocycles. The van der Waals surface area contributed by atoms with Crippen molar-refractivity contribution in [1.82, 2.24) is 34.8 Å². The van der Waals surface area contributed by atoms with Crippen molar-refractivity contribution in [3.63, 3.8) is 0 Å². The number of nitrogens with zero attached hydrogens (tertiary/aromatic N) is 9. The number of aromatic hydroxyl groups is 1. The first-order chi connectivity index (χ1) is 39.1. The lowest BCUT2D eigenvalue weighted by Gasteiger charge is -2.41. The summed E-state index contributed by atoms with van der Waals surface area (Å²) < 4.78 is 35.5. The highest BCUT2D eigenvalue weighted by atomic mass is 35.5. The maximum Gasteiger partial charge on any atom is 0.319 e. The molecule has 5 atom stereocenters. The topological polar surface area (TPSA) is 212 Å². The van der Waals surface area contributed by atoms with E-state index in [1.165, 1.54) is 17.0 Å². The maximum atomic E-state index is 17.3. The van der Waals surface area contributed by atoms with Gasteiger partial charge in [0.2, 0.25) is 11.8 Å². The van der Waals surface area contributed by atoms with Gasteiger partial charge in [-0.05, 0) is 108 Å². The zero-order valence-corrected chi connectivity index (χ0v) is 47.3. The van der Waals surface area contributed by atoms with E-state index in [1.807, 2.05) is 74.5 Å². The number of piperazine rings is 1. The number of carbonyl (C=O) groups excluding carboxylic acids is 3. The van der Waals surface area contributed by atoms with Crippen LogP contribution in [0.5, 0.6) is 17.6 Å². The number of Topliss-reactive ketones (excluding diaryl/α,β-unsaturated/α-hetero) is 1. The van der Waals surface area contributed by atoms with Gasteiger partial charge in [0.25, 0.3) is 5.88 Å². The number of ketones is 1. The number of β-amino-alcohol motifs (C(OH)–C–C–N with tert-alkyl or cyclic N) is 1. The van der Waals surface area contributed by atoms with Gasteiger partial charge in [0, 0.05) is 62.6 Å². The Kier molecular flexibility index (Phi) is 17.3. The average molecular weight is 1140 g/mol. The van der Waals surface area contributed by atoms with Crippen LogP contribution < -0.4 is 14.4 Å². The summed E-state index contributed by atoms with van der Waals surface area (Å²) in [6, 6.07) is 22.7. The molecule has 3 aliphatic heterocycles. The van der Waals surface area contributed by atoms with Crippen LogP contribution in [0.3, 0.4) is 0 Å². The van der Waals surface area contributed by atoms with Crippen molar-refractivity contribution in [2.24, 2.45) is 11.8 Å². The number of aliphatic hydroxyl groups is 1. The lowest BCUT2D eigenvalue weighted by atomic mass is 9.89. The van der Waals surface area contributed by atoms with Gasteiger partial charge in [-0.25, -0.2) is 9.37 Å². The van der Waals surface area contributed by atoms with Crippen molar-refractivity contribution in [3.05, 3.63) is 119 Å². The van der Waals surface area contributed by atoms with Crippen molar-refractivity contribution < 1.29 is 43.0 Å². The van der Waals surface area contributed by atoms with E-state index in [0.29, 0.717) is 53.0 Å². The third kappa shape index (κ3) is 12.3. The number of aliphatic hydroxyl groups excluding tert-OH is 1. The normalized spacial score (nSPS) is 18.8. The van der Waals surface area contributed by atoms with Gasteiger partial charge >= 0.3 is 6.01 Å². The summed E-state index contributed by atoms with van der Waals surface area (Å²) >= 11 is 8.55. The summed E-state index contributed by atoms with van der Waals surface area (Å²) in [5.41, 5.74) is 5.31. The molecule has 422 valence electrons. The summed E-state index contributed by atoms with van der Waals surface area (Å²) in [5, 5.41) is 37.2. The van der Waals surface area contributed by atoms with Crippen LogP contribution in [0.1, 0.15) is 81.7 Å². The van der Waals surface area contributed by atoms with Gasteiger partial charge < -0.3 is 38.9 Å². The van der Waals surface area contributed by atoms with Crippen molar-refractivity contribution >= 4 is 68.0 Å². The molecule has 81 heavy (non-hydrogen) atoms. The number of hydrogen-bond donors (Lipinski definition) is 2. The third-order valence-corrected chi connectivity index (χ3v) is 17.3. The molecule has 0 saturated carbocycles. The Morgan fingerprint density at radius 3 is 2.49 bits per heavy atom. The van der Waals surface area contributed by atoms with Crippen LogP contribution in [0.2, 0.25) is 5.02 Å². The number of phenols is 1. The van der Waals surface area contributed by atoms with E-state index in [9.17, 15) is 29.9 Å². The van der Waals surface area contributed by atoms with Crippen LogP contribution in [0.25, 0.3) is 43.2 Å². The number of hydrogen-bond acceptors (Lipinski definition) is 16. The van der Waals surface area contributed by atoms with Crippen LogP contribution in [-0.4, -0.2) is 140 Å². The quantitative estimate of drug-likeness (QED) is 0.0722. The first kappa shape index (κ1) is 56.8. The number of ether oxygens (including phenoxy) is 2. The average Bonchev–Trinajstić information content (AvgIpc) is 4.33. The van der Waals surface area contributed by atoms with E-state index < -0.39 is 29.9 Å². The summed E-state index contributed by atoms with van der Waals surface area (Å²) in [7, 11) is 0. The molecule has 0 bridgehead atoms. The molecule has 17 nitrogen and oxygen atoms in total. The second kappa shape index (κ2) is 24.7. The van der Waals surface area contributed by atoms with Crippen LogP contribution in [0, 0.1) is 35.9 Å². The molecule has 4 aromatic carbocycles. The number of nitriles is 1. The molecule has 0 aliphatic carbocycles. The third-order valence-electron chi connectivity index (χ3n) is 16.0. The summed E-state index contributed by atoms with van der Waals surface area (Å²) in [6.45, 7) is 14.9. The predicted molar refractivity (Wildman–Crippen MR) is 308 cm³/mol. The largest absolute Gasteiger partial charge is 0.508 e. The number of carbonyl (C=O) groups is 3. The standard InChI is InChI=1S/C61H65ClFN9O8S/c1-6-53(76)71-22-21-70(31-42(71)15-18-64)59-47-29-48(62)55(46-27-43(73)26-41-9-7-8-10-45(41)46)56(63)57(47)66-61(67-59)78-24-23-69-19-16-38(17-20-69)33-79-52-30-51(80-68-52)54(35(2)3)60(77)72-32-44(74)28-49(72)50(75)25-36(4)39-11-13-40(14-12-39)58-37(5)65-34-81-58/h6-14,26-27,29-30,34-36,38,42,44,49,54,73-74H,1,15-17,19-25,28,31-33H2,2-5H3/t36-,42+,44+,49+,54+/m1/s1. The highest BCUT2D eigenvalue weighted by Crippen LogP contribution is 2.43. The number of fused-ring (bicyclic) bond motifs is 2. The molecule has 3 saturated heterocycles. The summed E-state index contributed by atoms with van der Waals surface area (Å²) in [4.78, 5) is 63.3. The molecule has 0 radical (unpaired) electrons. The monoisotopic (exact) mass is 1140 g/mol. The number of benzene rings is 4. The fourth-order valence-electron chi connectivity index (χ4n) is 11.7. The van der Waals surface area contributed by atoms with Crippen LogP contribution in [0.4, 0.5) is 10.2 Å². The number of aromatic nitrogens is 4. The second-order valence-corrected chi connectivity index (χ2v) is 23.0. The van der Waals surface area contributed by atoms with Gasteiger partial charge in [0.15, 0.2) is 17.4 Å². The molecular formula is C61H65ClFN9O8S. The molecule has 0 spiro atoms. The molecule has 10 rings (SSSR count). The Morgan fingerprint density at radius 2 is 1.77 bits per heavy atom. The van der Waals surface area contributed by atoms with Gasteiger partial charge in [-0.15, -0.1) is 11.3 Å². The summed E-state index contributed by atoms with van der Waals surface area (Å²) in [5.74, 6) is -1.36. The van der Waals surface area contributed by atoms with Crippen molar-refractivity contribution in [2.45, 2.75) is 89.8 Å². The minimum Gasteiger partial charge on any atom is -0.508 e. The Balaban J connectivity index is 0.763. The number of halogens is 2. The van der Waals surface area contributed by atoms with E-state index in [4.69, 9.17) is 30.6 Å². The fraction of sp³-hybridized carbons (Fsp3) is 0.410.